The summed E-state index contributed by atoms with van der Waals surface area (Å²) in [6.45, 7) is 1.88. The number of rotatable bonds is 4. The van der Waals surface area contributed by atoms with Crippen LogP contribution in [-0.2, 0) is 11.0 Å². The number of H-pyrrole nitrogens is 1. The maximum absolute atomic E-state index is 13.0. The van der Waals surface area contributed by atoms with Crippen molar-refractivity contribution in [2.24, 2.45) is 0 Å². The molecule has 0 saturated heterocycles. The Morgan fingerprint density at radius 3 is 2.32 bits per heavy atom. The highest BCUT2D eigenvalue weighted by atomic mass is 19.4. The first kappa shape index (κ1) is 28.0. The number of aryl methyl sites for hydroxylation is 1. The molecule has 2 heterocycles. The smallest absolute Gasteiger partial charge is 0.490 e. The van der Waals surface area contributed by atoms with Crippen molar-refractivity contribution in [3.05, 3.63) is 81.9 Å². The van der Waals surface area contributed by atoms with Crippen molar-refractivity contribution in [3.8, 4) is 11.4 Å². The van der Waals surface area contributed by atoms with Crippen LogP contribution in [0, 0.1) is 6.92 Å². The molecule has 2 aromatic heterocycles. The fourth-order valence-electron chi connectivity index (χ4n) is 3.15. The number of aliphatic carboxylic acids is 1. The fraction of sp³-hybridized carbons (Fsp3) is 0.167. The molecule has 2 N–H and O–H groups in total. The van der Waals surface area contributed by atoms with E-state index in [2.05, 4.69) is 15.0 Å². The number of aromatic nitrogens is 4. The molecule has 4 aromatic rings. The number of nitrogens with zero attached hydrogens (tertiary/aromatic N) is 3. The first-order valence-corrected chi connectivity index (χ1v) is 10.5. The lowest BCUT2D eigenvalue weighted by Gasteiger charge is -2.10. The molecule has 38 heavy (non-hydrogen) atoms. The Morgan fingerprint density at radius 1 is 1.08 bits per heavy atom. The van der Waals surface area contributed by atoms with E-state index in [4.69, 9.17) is 14.6 Å². The first-order chi connectivity index (χ1) is 17.7. The number of hydrogen-bond acceptors (Lipinski definition) is 5. The fourth-order valence-corrected chi connectivity index (χ4v) is 3.15. The van der Waals surface area contributed by atoms with Gasteiger partial charge in [-0.15, -0.1) is 0 Å². The molecule has 0 radical (unpaired) electrons. The van der Waals surface area contributed by atoms with Crippen molar-refractivity contribution in [3.63, 3.8) is 0 Å². The van der Waals surface area contributed by atoms with Crippen molar-refractivity contribution < 1.29 is 41.0 Å². The van der Waals surface area contributed by atoms with Gasteiger partial charge in [-0.1, -0.05) is 12.1 Å². The van der Waals surface area contributed by atoms with Gasteiger partial charge in [-0.3, -0.25) is 4.79 Å². The van der Waals surface area contributed by atoms with Gasteiger partial charge in [0.2, 0.25) is 0 Å². The van der Waals surface area contributed by atoms with Crippen LogP contribution in [0.4, 0.5) is 26.3 Å². The monoisotopic (exact) mass is 540 g/mol. The minimum Gasteiger partial charge on any atom is -0.495 e. The van der Waals surface area contributed by atoms with E-state index in [1.165, 1.54) is 6.08 Å². The summed E-state index contributed by atoms with van der Waals surface area (Å²) in [5.74, 6) is -2.01. The molecule has 14 heteroatoms. The quantitative estimate of drug-likeness (QED) is 0.343. The molecule has 4 rings (SSSR count). The van der Waals surface area contributed by atoms with Gasteiger partial charge in [-0.2, -0.15) is 26.3 Å². The molecular formula is C24H18F6N4O4. The number of methoxy groups -OCH3 is 1. The Bertz CT molecular complexity index is 1550. The van der Waals surface area contributed by atoms with Crippen LogP contribution in [0.1, 0.15) is 22.6 Å². The number of carboxylic acids is 1. The van der Waals surface area contributed by atoms with Gasteiger partial charge >= 0.3 is 18.3 Å². The zero-order valence-electron chi connectivity index (χ0n) is 19.6. The molecule has 0 aliphatic carbocycles. The highest BCUT2D eigenvalue weighted by molar-refractivity contribution is 5.80. The Hall–Kier alpha value is -4.62. The van der Waals surface area contributed by atoms with Gasteiger partial charge in [0, 0.05) is 6.20 Å². The van der Waals surface area contributed by atoms with Gasteiger partial charge in [0.15, 0.2) is 0 Å². The van der Waals surface area contributed by atoms with Crippen molar-refractivity contribution in [1.82, 2.24) is 19.5 Å². The van der Waals surface area contributed by atoms with Crippen LogP contribution < -0.4 is 10.3 Å². The summed E-state index contributed by atoms with van der Waals surface area (Å²) in [5.41, 5.74) is 1.03. The molecule has 0 fully saturated rings. The number of carbonyl (C=O) groups is 1. The van der Waals surface area contributed by atoms with Crippen molar-refractivity contribution in [2.75, 3.05) is 7.11 Å². The van der Waals surface area contributed by atoms with Crippen LogP contribution in [0.5, 0.6) is 5.75 Å². The molecule has 0 amide bonds. The lowest BCUT2D eigenvalue weighted by molar-refractivity contribution is -0.192. The lowest BCUT2D eigenvalue weighted by Crippen LogP contribution is -2.21. The third-order valence-electron chi connectivity index (χ3n) is 4.92. The van der Waals surface area contributed by atoms with Gasteiger partial charge in [0.05, 0.1) is 41.3 Å². The Balaban J connectivity index is 0.000000505. The van der Waals surface area contributed by atoms with Crippen LogP contribution in [0.15, 0.2) is 53.7 Å². The Morgan fingerprint density at radius 2 is 1.76 bits per heavy atom. The average Bonchev–Trinajstić information content (AvgIpc) is 3.27. The molecule has 0 aliphatic rings. The number of imidazole rings is 1. The van der Waals surface area contributed by atoms with Gasteiger partial charge in [-0.25, -0.2) is 14.8 Å². The van der Waals surface area contributed by atoms with E-state index in [1.54, 1.807) is 25.6 Å². The summed E-state index contributed by atoms with van der Waals surface area (Å²) in [5, 5.41) is 7.21. The van der Waals surface area contributed by atoms with Crippen LogP contribution in [0.3, 0.4) is 0 Å². The van der Waals surface area contributed by atoms with Gasteiger partial charge < -0.3 is 19.4 Å². The number of benzene rings is 2. The summed E-state index contributed by atoms with van der Waals surface area (Å²) < 4.78 is 77.9. The number of ether oxygens (including phenoxy) is 1. The van der Waals surface area contributed by atoms with Crippen molar-refractivity contribution in [1.29, 1.82) is 0 Å². The minimum absolute atomic E-state index is 0.0263. The molecular weight excluding hydrogens is 522 g/mol. The normalized spacial score (nSPS) is 11.9. The van der Waals surface area contributed by atoms with E-state index in [1.807, 2.05) is 29.8 Å². The third kappa shape index (κ3) is 6.78. The van der Waals surface area contributed by atoms with Gasteiger partial charge in [0.25, 0.3) is 5.56 Å². The topological polar surface area (TPSA) is 110 Å². The molecule has 0 spiro atoms. The largest absolute Gasteiger partial charge is 0.495 e. The van der Waals surface area contributed by atoms with Crippen LogP contribution >= 0.6 is 0 Å². The Labute approximate surface area is 209 Å². The third-order valence-corrected chi connectivity index (χ3v) is 4.92. The predicted molar refractivity (Wildman–Crippen MR) is 125 cm³/mol. The van der Waals surface area contributed by atoms with Gasteiger partial charge in [-0.05, 0) is 48.9 Å². The predicted octanol–water partition coefficient (Wildman–Crippen LogP) is 5.25. The van der Waals surface area contributed by atoms with E-state index in [-0.39, 0.29) is 16.7 Å². The maximum atomic E-state index is 13.0. The average molecular weight is 540 g/mol. The highest BCUT2D eigenvalue weighted by Crippen LogP contribution is 2.30. The van der Waals surface area contributed by atoms with Crippen LogP contribution in [-0.4, -0.2) is 43.9 Å². The number of aromatic amines is 1. The molecule has 2 aromatic carbocycles. The number of alkyl halides is 6. The first-order valence-electron chi connectivity index (χ1n) is 10.5. The zero-order chi connectivity index (χ0) is 28.3. The molecule has 0 saturated carbocycles. The maximum Gasteiger partial charge on any atom is 0.490 e. The number of nitrogens with one attached hydrogen (secondary N) is 1. The summed E-state index contributed by atoms with van der Waals surface area (Å²) in [6.07, 6.45) is -2.84. The van der Waals surface area contributed by atoms with E-state index >= 15 is 0 Å². The standard InChI is InChI=1S/C22H17F3N4O2.C2HF3O2/c1-13-11-29(12-26-13)18-7-3-14(9-19(18)31-2)4-8-20-27-17-10-15(22(23,24)25)5-6-16(17)21(30)28-20;3-2(4,5)1(6)7/h3-12H,1-2H3,(H,27,28,30);(H,6,7)/b8-4+;. The molecule has 0 bridgehead atoms. The molecule has 200 valence electrons. The van der Waals surface area contributed by atoms with Crippen molar-refractivity contribution in [2.45, 2.75) is 19.3 Å². The number of carboxylic acid groups (broad SMARTS) is 1. The van der Waals surface area contributed by atoms with E-state index in [0.717, 1.165) is 35.1 Å². The summed E-state index contributed by atoms with van der Waals surface area (Å²) in [4.78, 5) is 32.1. The molecule has 8 nitrogen and oxygen atoms in total. The van der Waals surface area contributed by atoms with Crippen LogP contribution in [0.2, 0.25) is 0 Å². The summed E-state index contributed by atoms with van der Waals surface area (Å²) >= 11 is 0. The highest BCUT2D eigenvalue weighted by Gasteiger charge is 2.38. The second kappa shape index (κ2) is 10.8. The second-order valence-electron chi connectivity index (χ2n) is 7.67. The molecule has 0 atom stereocenters. The minimum atomic E-state index is -5.08. The van der Waals surface area contributed by atoms with Crippen molar-refractivity contribution >= 4 is 29.0 Å². The zero-order valence-corrected chi connectivity index (χ0v) is 19.6. The van der Waals surface area contributed by atoms with Gasteiger partial charge in [0.1, 0.15) is 11.6 Å². The number of hydrogen-bond donors (Lipinski definition) is 2. The summed E-state index contributed by atoms with van der Waals surface area (Å²) in [6, 6.07) is 8.34. The summed E-state index contributed by atoms with van der Waals surface area (Å²) in [7, 11) is 1.55. The number of halogens is 6. The second-order valence-corrected chi connectivity index (χ2v) is 7.67. The van der Waals surface area contributed by atoms with E-state index in [0.29, 0.717) is 5.75 Å². The molecule has 0 unspecified atom stereocenters. The van der Waals surface area contributed by atoms with E-state index < -0.39 is 29.4 Å². The number of fused-ring (bicyclic) bond motifs is 1. The van der Waals surface area contributed by atoms with E-state index in [9.17, 15) is 31.1 Å². The Kier molecular flexibility index (Phi) is 7.93. The van der Waals surface area contributed by atoms with Crippen LogP contribution in [0.25, 0.3) is 28.7 Å². The molecule has 0 aliphatic heterocycles. The SMILES string of the molecule is COc1cc(/C=C/c2nc3cc(C(F)(F)F)ccc3c(=O)[nH]2)ccc1-n1cnc(C)c1.O=C(O)C(F)(F)F. The lowest BCUT2D eigenvalue weighted by atomic mass is 10.1.